The van der Waals surface area contributed by atoms with Crippen LogP contribution < -0.4 is 5.73 Å². The Morgan fingerprint density at radius 1 is 1.33 bits per heavy atom. The maximum absolute atomic E-state index is 13.5. The van der Waals surface area contributed by atoms with Gasteiger partial charge in [0.25, 0.3) is 0 Å². The molecule has 0 radical (unpaired) electrons. The van der Waals surface area contributed by atoms with Crippen molar-refractivity contribution in [1.29, 1.82) is 0 Å². The zero-order valence-electron chi connectivity index (χ0n) is 9.25. The van der Waals surface area contributed by atoms with Crippen molar-refractivity contribution < 1.29 is 9.60 Å². The normalized spacial score (nSPS) is 11.5. The van der Waals surface area contributed by atoms with Gasteiger partial charge >= 0.3 is 0 Å². The Hall–Kier alpha value is -2.08. The Labute approximate surface area is 107 Å². The summed E-state index contributed by atoms with van der Waals surface area (Å²) in [7, 11) is 0. The molecule has 0 fully saturated rings. The Morgan fingerprint density at radius 3 is 2.83 bits per heavy atom. The first kappa shape index (κ1) is 12.4. The summed E-state index contributed by atoms with van der Waals surface area (Å²) in [5.74, 6) is -0.314. The van der Waals surface area contributed by atoms with Crippen LogP contribution in [0.3, 0.4) is 0 Å². The molecule has 1 heterocycles. The monoisotopic (exact) mass is 263 g/mol. The summed E-state index contributed by atoms with van der Waals surface area (Å²) in [5.41, 5.74) is 6.01. The first-order valence-electron chi connectivity index (χ1n) is 5.07. The third kappa shape index (κ3) is 2.78. The lowest BCUT2D eigenvalue weighted by Crippen LogP contribution is -2.13. The third-order valence-electron chi connectivity index (χ3n) is 2.19. The predicted molar refractivity (Wildman–Crippen MR) is 67.3 cm³/mol. The van der Waals surface area contributed by atoms with Gasteiger partial charge in [-0.25, -0.2) is 9.37 Å². The number of oxime groups is 1. The number of hydrogen-bond donors (Lipinski definition) is 2. The van der Waals surface area contributed by atoms with E-state index in [9.17, 15) is 4.39 Å². The fraction of sp³-hybridized carbons (Fsp3) is 0. The van der Waals surface area contributed by atoms with E-state index in [-0.39, 0.29) is 11.7 Å². The highest BCUT2D eigenvalue weighted by Gasteiger charge is 2.06. The molecule has 0 aliphatic heterocycles. The number of halogens is 1. The van der Waals surface area contributed by atoms with E-state index in [0.29, 0.717) is 15.5 Å². The molecule has 1 aromatic heterocycles. The van der Waals surface area contributed by atoms with Crippen molar-refractivity contribution in [3.05, 3.63) is 54.0 Å². The molecule has 0 aliphatic rings. The van der Waals surface area contributed by atoms with Crippen LogP contribution in [0, 0.1) is 5.82 Å². The van der Waals surface area contributed by atoms with Gasteiger partial charge < -0.3 is 10.9 Å². The first-order valence-corrected chi connectivity index (χ1v) is 5.88. The lowest BCUT2D eigenvalue weighted by Gasteiger charge is -2.04. The van der Waals surface area contributed by atoms with Crippen molar-refractivity contribution in [3.8, 4) is 0 Å². The summed E-state index contributed by atoms with van der Waals surface area (Å²) in [5, 5.41) is 12.1. The Bertz CT molecular complexity index is 589. The van der Waals surface area contributed by atoms with Crippen LogP contribution in [0.4, 0.5) is 4.39 Å². The molecule has 0 spiro atoms. The maximum Gasteiger partial charge on any atom is 0.170 e. The van der Waals surface area contributed by atoms with Crippen LogP contribution >= 0.6 is 11.8 Å². The second kappa shape index (κ2) is 5.50. The molecule has 0 saturated heterocycles. The van der Waals surface area contributed by atoms with Gasteiger partial charge in [0.15, 0.2) is 5.84 Å². The molecular weight excluding hydrogens is 253 g/mol. The number of nitrogens with zero attached hydrogens (tertiary/aromatic N) is 2. The van der Waals surface area contributed by atoms with E-state index in [1.54, 1.807) is 30.3 Å². The number of pyridine rings is 1. The van der Waals surface area contributed by atoms with E-state index < -0.39 is 0 Å². The zero-order chi connectivity index (χ0) is 13.0. The quantitative estimate of drug-likeness (QED) is 0.386. The van der Waals surface area contributed by atoms with Crippen LogP contribution in [0.1, 0.15) is 5.56 Å². The summed E-state index contributed by atoms with van der Waals surface area (Å²) in [6.45, 7) is 0. The number of aromatic nitrogens is 1. The molecule has 2 aromatic rings. The zero-order valence-corrected chi connectivity index (χ0v) is 10.1. The van der Waals surface area contributed by atoms with Gasteiger partial charge in [-0.2, -0.15) is 0 Å². The van der Waals surface area contributed by atoms with Crippen molar-refractivity contribution in [2.45, 2.75) is 9.92 Å². The number of hydrogen-bond acceptors (Lipinski definition) is 4. The minimum absolute atomic E-state index is 0.00668. The molecule has 0 saturated carbocycles. The Morgan fingerprint density at radius 2 is 2.11 bits per heavy atom. The smallest absolute Gasteiger partial charge is 0.170 e. The van der Waals surface area contributed by atoms with E-state index in [0.717, 1.165) is 0 Å². The summed E-state index contributed by atoms with van der Waals surface area (Å²) < 4.78 is 13.5. The fourth-order valence-electron chi connectivity index (χ4n) is 1.32. The van der Waals surface area contributed by atoms with Gasteiger partial charge in [-0.1, -0.05) is 29.1 Å². The summed E-state index contributed by atoms with van der Waals surface area (Å²) >= 11 is 1.18. The Kier molecular flexibility index (Phi) is 3.78. The van der Waals surface area contributed by atoms with Crippen molar-refractivity contribution in [3.63, 3.8) is 0 Å². The molecular formula is C12H10FN3OS. The lowest BCUT2D eigenvalue weighted by molar-refractivity contribution is 0.318. The molecule has 92 valence electrons. The van der Waals surface area contributed by atoms with Crippen molar-refractivity contribution in [2.24, 2.45) is 10.9 Å². The van der Waals surface area contributed by atoms with Gasteiger partial charge in [0, 0.05) is 16.7 Å². The van der Waals surface area contributed by atoms with Gasteiger partial charge in [0.1, 0.15) is 10.8 Å². The molecule has 2 rings (SSSR count). The van der Waals surface area contributed by atoms with E-state index in [2.05, 4.69) is 10.1 Å². The lowest BCUT2D eigenvalue weighted by atomic mass is 10.2. The SMILES string of the molecule is N/C(=N\O)c1ccnc(Sc2ccccc2F)c1. The summed E-state index contributed by atoms with van der Waals surface area (Å²) in [6.07, 6.45) is 1.52. The van der Waals surface area contributed by atoms with Gasteiger partial charge in [0.2, 0.25) is 0 Å². The van der Waals surface area contributed by atoms with Crippen LogP contribution in [-0.2, 0) is 0 Å². The number of benzene rings is 1. The maximum atomic E-state index is 13.5. The van der Waals surface area contributed by atoms with Crippen LogP contribution in [-0.4, -0.2) is 16.0 Å². The summed E-state index contributed by atoms with van der Waals surface area (Å²) in [6, 6.07) is 9.67. The molecule has 0 aliphatic carbocycles. The average Bonchev–Trinajstić information content (AvgIpc) is 2.41. The van der Waals surface area contributed by atoms with Crippen molar-refractivity contribution in [1.82, 2.24) is 4.98 Å². The van der Waals surface area contributed by atoms with Gasteiger partial charge in [0.05, 0.1) is 0 Å². The second-order valence-corrected chi connectivity index (χ2v) is 4.46. The highest BCUT2D eigenvalue weighted by molar-refractivity contribution is 7.99. The summed E-state index contributed by atoms with van der Waals surface area (Å²) in [4.78, 5) is 4.57. The molecule has 0 bridgehead atoms. The van der Waals surface area contributed by atoms with Crippen LogP contribution in [0.25, 0.3) is 0 Å². The standard InChI is InChI=1S/C12H10FN3OS/c13-9-3-1-2-4-10(9)18-11-7-8(5-6-15-11)12(14)16-17/h1-7,17H,(H2,14,16). The fourth-order valence-corrected chi connectivity index (χ4v) is 2.16. The van der Waals surface area contributed by atoms with Gasteiger partial charge in [-0.3, -0.25) is 0 Å². The number of nitrogens with two attached hydrogens (primary N) is 1. The average molecular weight is 263 g/mol. The third-order valence-corrected chi connectivity index (χ3v) is 3.17. The molecule has 18 heavy (non-hydrogen) atoms. The van der Waals surface area contributed by atoms with Crippen LogP contribution in [0.5, 0.6) is 0 Å². The van der Waals surface area contributed by atoms with E-state index >= 15 is 0 Å². The van der Waals surface area contributed by atoms with Crippen LogP contribution in [0.15, 0.2) is 57.7 Å². The molecule has 6 heteroatoms. The topological polar surface area (TPSA) is 71.5 Å². The largest absolute Gasteiger partial charge is 0.409 e. The van der Waals surface area contributed by atoms with Gasteiger partial charge in [-0.15, -0.1) is 0 Å². The molecule has 0 unspecified atom stereocenters. The van der Waals surface area contributed by atoms with Crippen molar-refractivity contribution >= 4 is 17.6 Å². The highest BCUT2D eigenvalue weighted by atomic mass is 32.2. The number of rotatable bonds is 3. The molecule has 0 atom stereocenters. The molecule has 4 nitrogen and oxygen atoms in total. The van der Waals surface area contributed by atoms with Crippen LogP contribution in [0.2, 0.25) is 0 Å². The highest BCUT2D eigenvalue weighted by Crippen LogP contribution is 2.28. The molecule has 0 amide bonds. The van der Waals surface area contributed by atoms with Crippen molar-refractivity contribution in [2.75, 3.05) is 0 Å². The molecule has 1 aromatic carbocycles. The first-order chi connectivity index (χ1) is 8.70. The van der Waals surface area contributed by atoms with E-state index in [1.165, 1.54) is 24.0 Å². The predicted octanol–water partition coefficient (Wildman–Crippen LogP) is 2.47. The minimum atomic E-state index is -0.307. The van der Waals surface area contributed by atoms with E-state index in [1.807, 2.05) is 0 Å². The Balaban J connectivity index is 2.28. The molecule has 3 N–H and O–H groups in total. The number of amidine groups is 1. The van der Waals surface area contributed by atoms with Gasteiger partial charge in [-0.05, 0) is 24.3 Å². The minimum Gasteiger partial charge on any atom is -0.409 e. The second-order valence-electron chi connectivity index (χ2n) is 3.40. The van der Waals surface area contributed by atoms with E-state index in [4.69, 9.17) is 10.9 Å².